The number of carbonyl (C=O) groups excluding carboxylic acids is 3. The molecule has 3 aromatic rings. The molecule has 0 aliphatic carbocycles. The minimum Gasteiger partial charge on any atom is -0.514 e. The van der Waals surface area contributed by atoms with Gasteiger partial charge in [0.05, 0.1) is 28.5 Å². The lowest BCUT2D eigenvalue weighted by Gasteiger charge is -2.34. The number of carbonyl (C=O) groups is 3. The van der Waals surface area contributed by atoms with E-state index in [4.69, 9.17) is 18.9 Å². The quantitative estimate of drug-likeness (QED) is 0.165. The zero-order valence-electron chi connectivity index (χ0n) is 23.7. The Balaban J connectivity index is 1.69. The molecule has 1 aliphatic heterocycles. The number of hydrogen-bond donors (Lipinski definition) is 1. The zero-order valence-corrected chi connectivity index (χ0v) is 23.7. The molecule has 0 amide bonds. The van der Waals surface area contributed by atoms with Crippen LogP contribution in [0.5, 0.6) is 0 Å². The Hall–Kier alpha value is -4.94. The summed E-state index contributed by atoms with van der Waals surface area (Å²) in [6.07, 6.45) is -3.33. The molecule has 1 saturated heterocycles. The lowest BCUT2D eigenvalue weighted by Crippen LogP contribution is -2.52. The third-order valence-electron chi connectivity index (χ3n) is 7.07. The zero-order chi connectivity index (χ0) is 30.4. The van der Waals surface area contributed by atoms with Crippen molar-refractivity contribution in [3.8, 4) is 6.07 Å². The number of aliphatic hydroxyl groups is 1. The van der Waals surface area contributed by atoms with Crippen LogP contribution in [0.25, 0.3) is 0 Å². The maximum absolute atomic E-state index is 13.3. The molecule has 1 fully saturated rings. The summed E-state index contributed by atoms with van der Waals surface area (Å²) in [6, 6.07) is 21.9. The van der Waals surface area contributed by atoms with Crippen molar-refractivity contribution in [2.24, 2.45) is 0 Å². The molecule has 0 radical (unpaired) electrons. The number of aliphatic hydroxyl groups excluding tert-OH is 1. The van der Waals surface area contributed by atoms with Gasteiger partial charge in [0.25, 0.3) is 0 Å². The van der Waals surface area contributed by atoms with Crippen LogP contribution in [0, 0.1) is 32.1 Å². The average molecular weight is 570 g/mol. The number of hydrogen-bond acceptors (Lipinski definition) is 9. The van der Waals surface area contributed by atoms with E-state index in [2.05, 4.69) is 0 Å². The predicted molar refractivity (Wildman–Crippen MR) is 152 cm³/mol. The van der Waals surface area contributed by atoms with Crippen LogP contribution in [-0.4, -0.2) is 53.5 Å². The molecule has 0 spiro atoms. The third kappa shape index (κ3) is 6.51. The van der Waals surface area contributed by atoms with Gasteiger partial charge in [-0.1, -0.05) is 53.1 Å². The van der Waals surface area contributed by atoms with E-state index in [1.54, 1.807) is 72.8 Å². The smallest absolute Gasteiger partial charge is 0.338 e. The van der Waals surface area contributed by atoms with Gasteiger partial charge in [0.2, 0.25) is 0 Å². The maximum atomic E-state index is 13.3. The number of ether oxygens (including phenoxy) is 4. The largest absolute Gasteiger partial charge is 0.514 e. The molecule has 0 aromatic heterocycles. The highest BCUT2D eigenvalue weighted by Gasteiger charge is 2.60. The number of nitriles is 1. The van der Waals surface area contributed by atoms with E-state index >= 15 is 0 Å². The van der Waals surface area contributed by atoms with Gasteiger partial charge in [0.15, 0.2) is 11.7 Å². The molecule has 1 heterocycles. The van der Waals surface area contributed by atoms with Gasteiger partial charge in [-0.05, 0) is 64.1 Å². The van der Waals surface area contributed by atoms with Crippen molar-refractivity contribution in [3.63, 3.8) is 0 Å². The fourth-order valence-corrected chi connectivity index (χ4v) is 4.62. The molecule has 0 saturated carbocycles. The Morgan fingerprint density at radius 2 is 1.29 bits per heavy atom. The van der Waals surface area contributed by atoms with Gasteiger partial charge >= 0.3 is 17.9 Å². The molecule has 9 heteroatoms. The van der Waals surface area contributed by atoms with Crippen LogP contribution in [0.15, 0.2) is 84.6 Å². The standard InChI is InChI=1S/C33H31NO8/c1-20-5-11-23(12-6-20)30(36)39-19-27-29(41-31(37)24-13-7-21(2)8-14-24)33(4,28(40-27)26(17-34)18-35)42-32(38)25-15-9-22(3)10-16-25/h5-16,18,27-29,35H,19H2,1-4H3/b26-18+/t27?,28-,29-,33+/m1/s1. The van der Waals surface area contributed by atoms with Crippen LogP contribution in [0.4, 0.5) is 0 Å². The molecule has 216 valence electrons. The second kappa shape index (κ2) is 12.7. The van der Waals surface area contributed by atoms with E-state index in [0.29, 0.717) is 11.8 Å². The third-order valence-corrected chi connectivity index (χ3v) is 7.07. The van der Waals surface area contributed by atoms with Crippen LogP contribution in [-0.2, 0) is 18.9 Å². The molecule has 3 aromatic carbocycles. The Kier molecular flexibility index (Phi) is 9.09. The van der Waals surface area contributed by atoms with Crippen molar-refractivity contribution in [1.82, 2.24) is 0 Å². The molecule has 9 nitrogen and oxygen atoms in total. The average Bonchev–Trinajstić information content (AvgIpc) is 3.23. The molecule has 4 atom stereocenters. The van der Waals surface area contributed by atoms with Gasteiger partial charge in [0.1, 0.15) is 24.9 Å². The SMILES string of the molecule is Cc1ccc(C(=O)OCC2O[C@H](/C(C#N)=C/O)[C@](C)(OC(=O)c3ccc(C)cc3)[C@@H]2OC(=O)c2ccc(C)cc2)cc1. The van der Waals surface area contributed by atoms with E-state index in [9.17, 15) is 24.8 Å². The summed E-state index contributed by atoms with van der Waals surface area (Å²) in [5.41, 5.74) is 1.46. The van der Waals surface area contributed by atoms with E-state index in [-0.39, 0.29) is 16.7 Å². The molecule has 1 N–H and O–H groups in total. The normalized spacial score (nSPS) is 21.7. The summed E-state index contributed by atoms with van der Waals surface area (Å²) in [7, 11) is 0. The van der Waals surface area contributed by atoms with E-state index in [1.165, 1.54) is 6.92 Å². The monoisotopic (exact) mass is 569 g/mol. The first-order valence-corrected chi connectivity index (χ1v) is 13.3. The van der Waals surface area contributed by atoms with Crippen LogP contribution in [0.3, 0.4) is 0 Å². The first-order valence-electron chi connectivity index (χ1n) is 13.3. The molecule has 0 bridgehead atoms. The summed E-state index contributed by atoms with van der Waals surface area (Å²) in [6.45, 7) is 6.66. The van der Waals surface area contributed by atoms with Gasteiger partial charge in [0, 0.05) is 0 Å². The first-order chi connectivity index (χ1) is 20.0. The fourth-order valence-electron chi connectivity index (χ4n) is 4.62. The summed E-state index contributed by atoms with van der Waals surface area (Å²) < 4.78 is 23.4. The molecule has 4 rings (SSSR count). The van der Waals surface area contributed by atoms with Gasteiger partial charge in [-0.25, -0.2) is 14.4 Å². The number of aryl methyl sites for hydroxylation is 3. The van der Waals surface area contributed by atoms with Crippen LogP contribution >= 0.6 is 0 Å². The highest BCUT2D eigenvalue weighted by molar-refractivity contribution is 5.91. The molecule has 1 unspecified atom stereocenters. The molecular formula is C33H31NO8. The minimum atomic E-state index is -1.81. The highest BCUT2D eigenvalue weighted by atomic mass is 16.7. The fraction of sp³-hybridized carbons (Fsp3) is 0.273. The van der Waals surface area contributed by atoms with Gasteiger partial charge < -0.3 is 24.1 Å². The van der Waals surface area contributed by atoms with Gasteiger partial charge in [-0.2, -0.15) is 5.26 Å². The van der Waals surface area contributed by atoms with Crippen molar-refractivity contribution >= 4 is 17.9 Å². The summed E-state index contributed by atoms with van der Waals surface area (Å²) in [4.78, 5) is 39.4. The van der Waals surface area contributed by atoms with E-state index < -0.39 is 48.4 Å². The number of benzene rings is 3. The van der Waals surface area contributed by atoms with Crippen molar-refractivity contribution < 1.29 is 38.4 Å². The van der Waals surface area contributed by atoms with Crippen molar-refractivity contribution in [1.29, 1.82) is 5.26 Å². The molecule has 1 aliphatic rings. The predicted octanol–water partition coefficient (Wildman–Crippen LogP) is 5.34. The Morgan fingerprint density at radius 1 is 0.833 bits per heavy atom. The number of nitrogens with zero attached hydrogens (tertiary/aromatic N) is 1. The lowest BCUT2D eigenvalue weighted by molar-refractivity contribution is -0.0820. The van der Waals surface area contributed by atoms with Crippen molar-refractivity contribution in [2.75, 3.05) is 6.61 Å². The summed E-state index contributed by atoms with van der Waals surface area (Å²) in [5.74, 6) is -2.17. The number of esters is 3. The Morgan fingerprint density at radius 3 is 1.74 bits per heavy atom. The van der Waals surface area contributed by atoms with Crippen molar-refractivity contribution in [2.45, 2.75) is 51.6 Å². The molecule has 42 heavy (non-hydrogen) atoms. The Bertz CT molecular complexity index is 1520. The highest BCUT2D eigenvalue weighted by Crippen LogP contribution is 2.41. The van der Waals surface area contributed by atoms with E-state index in [1.807, 2.05) is 26.8 Å². The maximum Gasteiger partial charge on any atom is 0.338 e. The van der Waals surface area contributed by atoms with Crippen LogP contribution in [0.2, 0.25) is 0 Å². The van der Waals surface area contributed by atoms with Crippen LogP contribution < -0.4 is 0 Å². The topological polar surface area (TPSA) is 132 Å². The summed E-state index contributed by atoms with van der Waals surface area (Å²) in [5, 5.41) is 19.6. The summed E-state index contributed by atoms with van der Waals surface area (Å²) >= 11 is 0. The van der Waals surface area contributed by atoms with Gasteiger partial charge in [-0.3, -0.25) is 0 Å². The molecular weight excluding hydrogens is 538 g/mol. The number of rotatable bonds is 8. The first kappa shape index (κ1) is 30.0. The van der Waals surface area contributed by atoms with Crippen LogP contribution in [0.1, 0.15) is 54.7 Å². The van der Waals surface area contributed by atoms with Crippen molar-refractivity contribution in [3.05, 3.63) is 118 Å². The second-order valence-corrected chi connectivity index (χ2v) is 10.3. The second-order valence-electron chi connectivity index (χ2n) is 10.3. The van der Waals surface area contributed by atoms with Gasteiger partial charge in [-0.15, -0.1) is 0 Å². The van der Waals surface area contributed by atoms with E-state index in [0.717, 1.165) is 16.7 Å². The minimum absolute atomic E-state index is 0.213. The lowest BCUT2D eigenvalue weighted by atomic mass is 9.88. The Labute approximate surface area is 243 Å².